The molecule has 0 fully saturated rings. The van der Waals surface area contributed by atoms with Gasteiger partial charge in [-0.1, -0.05) is 6.07 Å². The molecule has 6 heteroatoms. The molecule has 0 bridgehead atoms. The topological polar surface area (TPSA) is 71.0 Å². The van der Waals surface area contributed by atoms with Crippen LogP contribution in [0.25, 0.3) is 0 Å². The molecule has 1 aliphatic heterocycles. The normalized spacial score (nSPS) is 13.4. The average Bonchev–Trinajstić information content (AvgIpc) is 3.07. The van der Waals surface area contributed by atoms with E-state index in [1.54, 1.807) is 36.4 Å². The fourth-order valence-electron chi connectivity index (χ4n) is 2.59. The Hall–Kier alpha value is -3.15. The fraction of sp³-hybridized carbons (Fsp3) is 0.211. The lowest BCUT2D eigenvalue weighted by Crippen LogP contribution is -2.14. The minimum atomic E-state index is -0.443. The molecular weight excluding hydrogens is 318 g/mol. The number of amides is 1. The summed E-state index contributed by atoms with van der Waals surface area (Å²) in [4.78, 5) is 23.9. The highest BCUT2D eigenvalue weighted by atomic mass is 16.5. The minimum Gasteiger partial charge on any atom is -0.465 e. The van der Waals surface area contributed by atoms with Gasteiger partial charge >= 0.3 is 5.97 Å². The third-order valence-corrected chi connectivity index (χ3v) is 3.95. The van der Waals surface area contributed by atoms with Crippen molar-refractivity contribution in [1.29, 1.82) is 0 Å². The third kappa shape index (κ3) is 3.85. The molecule has 0 aromatic heterocycles. The van der Waals surface area contributed by atoms with Crippen LogP contribution in [-0.2, 0) is 4.74 Å². The molecule has 0 aliphatic carbocycles. The predicted octanol–water partition coefficient (Wildman–Crippen LogP) is 3.31. The summed E-state index contributed by atoms with van der Waals surface area (Å²) in [5.41, 5.74) is 3.52. The van der Waals surface area contributed by atoms with E-state index in [4.69, 9.17) is 0 Å². The van der Waals surface area contributed by atoms with Crippen LogP contribution in [0.3, 0.4) is 0 Å². The van der Waals surface area contributed by atoms with Crippen molar-refractivity contribution in [2.75, 3.05) is 24.0 Å². The van der Waals surface area contributed by atoms with E-state index in [0.29, 0.717) is 16.8 Å². The summed E-state index contributed by atoms with van der Waals surface area (Å²) in [6.07, 6.45) is 0.957. The van der Waals surface area contributed by atoms with E-state index >= 15 is 0 Å². The Balaban J connectivity index is 1.70. The van der Waals surface area contributed by atoms with Gasteiger partial charge in [0, 0.05) is 29.9 Å². The van der Waals surface area contributed by atoms with Gasteiger partial charge in [0.1, 0.15) is 0 Å². The summed E-state index contributed by atoms with van der Waals surface area (Å²) < 4.78 is 4.68. The first-order chi connectivity index (χ1) is 12.1. The number of carbonyl (C=O) groups is 2. The number of nitrogens with one attached hydrogen (secondary N) is 1. The van der Waals surface area contributed by atoms with Crippen LogP contribution in [0, 0.1) is 0 Å². The van der Waals surface area contributed by atoms with Crippen LogP contribution in [0.2, 0.25) is 0 Å². The van der Waals surface area contributed by atoms with Crippen molar-refractivity contribution in [3.05, 3.63) is 59.7 Å². The van der Waals surface area contributed by atoms with Gasteiger partial charge in [-0.15, -0.1) is 0 Å². The molecule has 0 saturated heterocycles. The number of methoxy groups -OCH3 is 1. The van der Waals surface area contributed by atoms with Gasteiger partial charge in [0.25, 0.3) is 5.91 Å². The Bertz CT molecular complexity index is 828. The maximum atomic E-state index is 12.4. The van der Waals surface area contributed by atoms with Crippen molar-refractivity contribution in [3.63, 3.8) is 0 Å². The van der Waals surface area contributed by atoms with Crippen LogP contribution in [0.15, 0.2) is 53.6 Å². The molecule has 1 aliphatic rings. The Morgan fingerprint density at radius 3 is 2.52 bits per heavy atom. The SMILES string of the molecule is COC(=O)c1cccc(NC(=O)c2ccc(N3CCC(C)=N3)cc2)c1. The molecule has 1 heterocycles. The van der Waals surface area contributed by atoms with Crippen molar-refractivity contribution in [3.8, 4) is 0 Å². The third-order valence-electron chi connectivity index (χ3n) is 3.95. The standard InChI is InChI=1S/C19H19N3O3/c1-13-10-11-22(21-13)17-8-6-14(7-9-17)18(23)20-16-5-3-4-15(12-16)19(24)25-2/h3-9,12H,10-11H2,1-2H3,(H,20,23). The number of hydrazone groups is 1. The molecule has 3 rings (SSSR count). The quantitative estimate of drug-likeness (QED) is 0.869. The number of carbonyl (C=O) groups excluding carboxylic acids is 2. The molecule has 0 atom stereocenters. The second kappa shape index (κ2) is 7.17. The van der Waals surface area contributed by atoms with E-state index in [9.17, 15) is 9.59 Å². The largest absolute Gasteiger partial charge is 0.465 e. The van der Waals surface area contributed by atoms with Crippen molar-refractivity contribution in [2.24, 2.45) is 5.10 Å². The molecule has 0 unspecified atom stereocenters. The number of rotatable bonds is 4. The molecule has 1 N–H and O–H groups in total. The van der Waals surface area contributed by atoms with Crippen LogP contribution in [0.1, 0.15) is 34.1 Å². The summed E-state index contributed by atoms with van der Waals surface area (Å²) in [7, 11) is 1.32. The van der Waals surface area contributed by atoms with E-state index < -0.39 is 5.97 Å². The smallest absolute Gasteiger partial charge is 0.337 e. The molecule has 1 amide bonds. The molecule has 0 saturated carbocycles. The van der Waals surface area contributed by atoms with Gasteiger partial charge in [-0.3, -0.25) is 9.80 Å². The maximum absolute atomic E-state index is 12.4. The van der Waals surface area contributed by atoms with Gasteiger partial charge in [-0.2, -0.15) is 5.10 Å². The van der Waals surface area contributed by atoms with Crippen LogP contribution < -0.4 is 10.3 Å². The van der Waals surface area contributed by atoms with Gasteiger partial charge < -0.3 is 10.1 Å². The maximum Gasteiger partial charge on any atom is 0.337 e. The van der Waals surface area contributed by atoms with Crippen LogP contribution in [0.4, 0.5) is 11.4 Å². The zero-order valence-corrected chi connectivity index (χ0v) is 14.2. The van der Waals surface area contributed by atoms with Crippen LogP contribution in [0.5, 0.6) is 0 Å². The molecule has 2 aromatic carbocycles. The number of hydrogen-bond donors (Lipinski definition) is 1. The average molecular weight is 337 g/mol. The van der Waals surface area contributed by atoms with E-state index in [-0.39, 0.29) is 5.91 Å². The Morgan fingerprint density at radius 2 is 1.88 bits per heavy atom. The summed E-state index contributed by atoms with van der Waals surface area (Å²) >= 11 is 0. The number of nitrogens with zero attached hydrogens (tertiary/aromatic N) is 2. The van der Waals surface area contributed by atoms with Gasteiger partial charge in [-0.05, 0) is 49.4 Å². The zero-order chi connectivity index (χ0) is 17.8. The first-order valence-electron chi connectivity index (χ1n) is 7.98. The molecule has 2 aromatic rings. The first kappa shape index (κ1) is 16.7. The monoisotopic (exact) mass is 337 g/mol. The molecule has 0 spiro atoms. The summed E-state index contributed by atoms with van der Waals surface area (Å²) in [5, 5.41) is 9.15. The Morgan fingerprint density at radius 1 is 1.12 bits per heavy atom. The van der Waals surface area contributed by atoms with E-state index in [1.807, 2.05) is 24.1 Å². The van der Waals surface area contributed by atoms with E-state index in [0.717, 1.165) is 24.4 Å². The molecular formula is C19H19N3O3. The van der Waals surface area contributed by atoms with E-state index in [2.05, 4.69) is 15.2 Å². The Kier molecular flexibility index (Phi) is 4.79. The van der Waals surface area contributed by atoms with E-state index in [1.165, 1.54) is 7.11 Å². The summed E-state index contributed by atoms with van der Waals surface area (Å²) in [5.74, 6) is -0.684. The lowest BCUT2D eigenvalue weighted by atomic mass is 10.1. The minimum absolute atomic E-state index is 0.241. The lowest BCUT2D eigenvalue weighted by Gasteiger charge is -2.14. The number of anilines is 2. The van der Waals surface area contributed by atoms with Gasteiger partial charge in [-0.25, -0.2) is 4.79 Å². The second-order valence-electron chi connectivity index (χ2n) is 5.78. The van der Waals surface area contributed by atoms with Crippen molar-refractivity contribution in [1.82, 2.24) is 0 Å². The number of ether oxygens (including phenoxy) is 1. The van der Waals surface area contributed by atoms with Crippen molar-refractivity contribution < 1.29 is 14.3 Å². The van der Waals surface area contributed by atoms with Gasteiger partial charge in [0.05, 0.1) is 18.4 Å². The highest BCUT2D eigenvalue weighted by Crippen LogP contribution is 2.20. The summed E-state index contributed by atoms with van der Waals surface area (Å²) in [6, 6.07) is 13.9. The lowest BCUT2D eigenvalue weighted by molar-refractivity contribution is 0.0600. The van der Waals surface area contributed by atoms with Crippen molar-refractivity contribution >= 4 is 29.0 Å². The van der Waals surface area contributed by atoms with Crippen LogP contribution >= 0.6 is 0 Å². The number of benzene rings is 2. The highest BCUT2D eigenvalue weighted by Gasteiger charge is 2.14. The summed E-state index contributed by atoms with van der Waals surface area (Å²) in [6.45, 7) is 2.86. The van der Waals surface area contributed by atoms with Crippen molar-refractivity contribution in [2.45, 2.75) is 13.3 Å². The molecule has 128 valence electrons. The molecule has 0 radical (unpaired) electrons. The van der Waals surface area contributed by atoms with Crippen LogP contribution in [-0.4, -0.2) is 31.2 Å². The second-order valence-corrected chi connectivity index (χ2v) is 5.78. The first-order valence-corrected chi connectivity index (χ1v) is 7.98. The zero-order valence-electron chi connectivity index (χ0n) is 14.2. The fourth-order valence-corrected chi connectivity index (χ4v) is 2.59. The Labute approximate surface area is 146 Å². The van der Waals surface area contributed by atoms with Gasteiger partial charge in [0.2, 0.25) is 0 Å². The number of hydrogen-bond acceptors (Lipinski definition) is 5. The number of esters is 1. The predicted molar refractivity (Wildman–Crippen MR) is 97.2 cm³/mol. The highest BCUT2D eigenvalue weighted by molar-refractivity contribution is 6.05. The van der Waals surface area contributed by atoms with Gasteiger partial charge in [0.15, 0.2) is 0 Å². The molecule has 25 heavy (non-hydrogen) atoms. The molecule has 6 nitrogen and oxygen atoms in total.